The van der Waals surface area contributed by atoms with Gasteiger partial charge in [-0.15, -0.1) is 11.3 Å². The molecule has 1 atom stereocenters. The lowest BCUT2D eigenvalue weighted by Gasteiger charge is -2.12. The third-order valence-corrected chi connectivity index (χ3v) is 4.07. The van der Waals surface area contributed by atoms with Gasteiger partial charge in [-0.05, 0) is 25.5 Å². The summed E-state index contributed by atoms with van der Waals surface area (Å²) in [7, 11) is 0. The predicted molar refractivity (Wildman–Crippen MR) is 89.7 cm³/mol. The van der Waals surface area contributed by atoms with E-state index in [0.29, 0.717) is 13.0 Å². The lowest BCUT2D eigenvalue weighted by molar-refractivity contribution is -0.139. The van der Waals surface area contributed by atoms with Crippen molar-refractivity contribution in [1.29, 1.82) is 0 Å². The smallest absolute Gasteiger partial charge is 0.320 e. The van der Waals surface area contributed by atoms with Crippen molar-refractivity contribution in [3.63, 3.8) is 0 Å². The molecule has 5 nitrogen and oxygen atoms in total. The number of carboxylic acid groups (broad SMARTS) is 1. The Labute approximate surface area is 134 Å². The van der Waals surface area contributed by atoms with Crippen LogP contribution in [0.5, 0.6) is 0 Å². The molecule has 3 N–H and O–H groups in total. The maximum Gasteiger partial charge on any atom is 0.320 e. The minimum atomic E-state index is -0.810. The number of nitrogens with zero attached hydrogens (tertiary/aromatic N) is 1. The van der Waals surface area contributed by atoms with E-state index in [2.05, 4.69) is 15.6 Å². The quantitative estimate of drug-likeness (QED) is 0.694. The lowest BCUT2D eigenvalue weighted by Crippen LogP contribution is -2.36. The lowest BCUT2D eigenvalue weighted by atomic mass is 10.1. The first kappa shape index (κ1) is 16.5. The molecule has 2 aromatic rings. The minimum Gasteiger partial charge on any atom is -0.480 e. The number of hydrogen-bond donors (Lipinski definition) is 3. The van der Waals surface area contributed by atoms with E-state index in [-0.39, 0.29) is 0 Å². The molecule has 0 aliphatic rings. The average molecular weight is 319 g/mol. The van der Waals surface area contributed by atoms with E-state index in [9.17, 15) is 4.79 Å². The Morgan fingerprint density at radius 1 is 1.36 bits per heavy atom. The monoisotopic (exact) mass is 319 g/mol. The van der Waals surface area contributed by atoms with Crippen molar-refractivity contribution in [3.05, 3.63) is 40.9 Å². The molecule has 0 bridgehead atoms. The van der Waals surface area contributed by atoms with Crippen LogP contribution in [0.15, 0.2) is 29.6 Å². The summed E-state index contributed by atoms with van der Waals surface area (Å²) in [5.41, 5.74) is 3.06. The van der Waals surface area contributed by atoms with Gasteiger partial charge in [-0.1, -0.05) is 31.0 Å². The molecule has 2 rings (SSSR count). The summed E-state index contributed by atoms with van der Waals surface area (Å²) in [6.07, 6.45) is 1.45. The molecule has 0 fully saturated rings. The van der Waals surface area contributed by atoms with Crippen LogP contribution in [0.1, 0.15) is 31.0 Å². The van der Waals surface area contributed by atoms with E-state index < -0.39 is 12.0 Å². The fraction of sp³-hybridized carbons (Fsp3) is 0.375. The highest BCUT2D eigenvalue weighted by molar-refractivity contribution is 7.13. The molecule has 1 aromatic heterocycles. The zero-order valence-corrected chi connectivity index (χ0v) is 13.6. The van der Waals surface area contributed by atoms with Gasteiger partial charge in [0.15, 0.2) is 5.13 Å². The Kier molecular flexibility index (Phi) is 5.91. The summed E-state index contributed by atoms with van der Waals surface area (Å²) >= 11 is 1.51. The highest BCUT2D eigenvalue weighted by Crippen LogP contribution is 2.21. The Morgan fingerprint density at radius 2 is 2.09 bits per heavy atom. The molecule has 0 spiro atoms. The number of aromatic nitrogens is 1. The molecule has 1 aromatic carbocycles. The maximum atomic E-state index is 11.1. The van der Waals surface area contributed by atoms with Crippen LogP contribution in [-0.4, -0.2) is 22.1 Å². The number of carboxylic acids is 1. The van der Waals surface area contributed by atoms with Crippen LogP contribution in [0.25, 0.3) is 0 Å². The summed E-state index contributed by atoms with van der Waals surface area (Å²) in [6.45, 7) is 4.49. The molecule has 118 valence electrons. The molecule has 0 saturated carbocycles. The summed E-state index contributed by atoms with van der Waals surface area (Å²) in [6, 6.07) is 7.59. The Morgan fingerprint density at radius 3 is 2.73 bits per heavy atom. The van der Waals surface area contributed by atoms with Gasteiger partial charge in [-0.3, -0.25) is 10.1 Å². The summed E-state index contributed by atoms with van der Waals surface area (Å²) in [5, 5.41) is 18.1. The minimum absolute atomic E-state index is 0.461. The maximum absolute atomic E-state index is 11.1. The van der Waals surface area contributed by atoms with E-state index in [1.165, 1.54) is 16.9 Å². The van der Waals surface area contributed by atoms with E-state index in [4.69, 9.17) is 5.11 Å². The summed E-state index contributed by atoms with van der Waals surface area (Å²) in [4.78, 5) is 15.6. The number of nitrogens with one attached hydrogen (secondary N) is 2. The Hall–Kier alpha value is -1.92. The fourth-order valence-corrected chi connectivity index (χ4v) is 2.77. The van der Waals surface area contributed by atoms with Crippen molar-refractivity contribution in [2.45, 2.75) is 39.3 Å². The van der Waals surface area contributed by atoms with Gasteiger partial charge in [-0.25, -0.2) is 4.98 Å². The summed E-state index contributed by atoms with van der Waals surface area (Å²) in [5.74, 6) is -0.810. The highest BCUT2D eigenvalue weighted by atomic mass is 32.1. The van der Waals surface area contributed by atoms with Crippen LogP contribution in [0.2, 0.25) is 0 Å². The van der Waals surface area contributed by atoms with Gasteiger partial charge in [-0.2, -0.15) is 0 Å². The van der Waals surface area contributed by atoms with Crippen molar-refractivity contribution in [2.24, 2.45) is 0 Å². The largest absolute Gasteiger partial charge is 0.480 e. The highest BCUT2D eigenvalue weighted by Gasteiger charge is 2.15. The van der Waals surface area contributed by atoms with Gasteiger partial charge in [0.25, 0.3) is 0 Å². The molecule has 22 heavy (non-hydrogen) atoms. The van der Waals surface area contributed by atoms with Crippen LogP contribution in [0.4, 0.5) is 10.8 Å². The zero-order valence-electron chi connectivity index (χ0n) is 12.8. The molecule has 1 unspecified atom stereocenters. The fourth-order valence-electron chi connectivity index (χ4n) is 2.04. The Balaban J connectivity index is 1.90. The second-order valence-corrected chi connectivity index (χ2v) is 6.05. The van der Waals surface area contributed by atoms with Crippen LogP contribution in [0, 0.1) is 6.92 Å². The van der Waals surface area contributed by atoms with E-state index in [1.807, 2.05) is 43.5 Å². The predicted octanol–water partition coefficient (Wildman–Crippen LogP) is 3.54. The SMILES string of the molecule is CCCC(NCc1csc(Nc2ccc(C)cc2)n1)C(=O)O. The number of rotatable bonds is 8. The van der Waals surface area contributed by atoms with Crippen molar-refractivity contribution in [2.75, 3.05) is 5.32 Å². The first-order chi connectivity index (χ1) is 10.6. The van der Waals surface area contributed by atoms with Crippen molar-refractivity contribution in [1.82, 2.24) is 10.3 Å². The molecule has 6 heteroatoms. The molecule has 0 radical (unpaired) electrons. The van der Waals surface area contributed by atoms with Gasteiger partial charge in [0.2, 0.25) is 0 Å². The molecular formula is C16H21N3O2S. The number of carbonyl (C=O) groups is 1. The van der Waals surface area contributed by atoms with E-state index in [1.54, 1.807) is 0 Å². The van der Waals surface area contributed by atoms with Gasteiger partial charge < -0.3 is 10.4 Å². The van der Waals surface area contributed by atoms with Gasteiger partial charge in [0, 0.05) is 17.6 Å². The average Bonchev–Trinajstić information content (AvgIpc) is 2.93. The molecule has 0 aliphatic heterocycles. The number of anilines is 2. The van der Waals surface area contributed by atoms with Crippen molar-refractivity contribution in [3.8, 4) is 0 Å². The van der Waals surface area contributed by atoms with Crippen LogP contribution in [-0.2, 0) is 11.3 Å². The van der Waals surface area contributed by atoms with Crippen LogP contribution < -0.4 is 10.6 Å². The second kappa shape index (κ2) is 7.91. The van der Waals surface area contributed by atoms with Crippen LogP contribution in [0.3, 0.4) is 0 Å². The van der Waals surface area contributed by atoms with Crippen molar-refractivity contribution >= 4 is 28.1 Å². The van der Waals surface area contributed by atoms with E-state index in [0.717, 1.165) is 22.9 Å². The number of benzene rings is 1. The number of aryl methyl sites for hydroxylation is 1. The van der Waals surface area contributed by atoms with Gasteiger partial charge in [0.1, 0.15) is 6.04 Å². The normalized spacial score (nSPS) is 12.1. The number of thiazole rings is 1. The van der Waals surface area contributed by atoms with Crippen molar-refractivity contribution < 1.29 is 9.90 Å². The standard InChI is InChI=1S/C16H21N3O2S/c1-3-4-14(15(20)21)17-9-13-10-22-16(19-13)18-12-7-5-11(2)6-8-12/h5-8,10,14,17H,3-4,9H2,1-2H3,(H,18,19)(H,20,21). The molecular weight excluding hydrogens is 298 g/mol. The van der Waals surface area contributed by atoms with E-state index >= 15 is 0 Å². The number of aliphatic carboxylic acids is 1. The number of hydrogen-bond acceptors (Lipinski definition) is 5. The molecule has 1 heterocycles. The zero-order chi connectivity index (χ0) is 15.9. The first-order valence-corrected chi connectivity index (χ1v) is 8.20. The molecule has 0 aliphatic carbocycles. The second-order valence-electron chi connectivity index (χ2n) is 5.20. The van der Waals surface area contributed by atoms with Crippen LogP contribution >= 0.6 is 11.3 Å². The van der Waals surface area contributed by atoms with Gasteiger partial charge in [0.05, 0.1) is 5.69 Å². The third kappa shape index (κ3) is 4.82. The Bertz CT molecular complexity index is 610. The topological polar surface area (TPSA) is 74.2 Å². The third-order valence-electron chi connectivity index (χ3n) is 3.26. The molecule has 0 saturated heterocycles. The summed E-state index contributed by atoms with van der Waals surface area (Å²) < 4.78 is 0. The first-order valence-electron chi connectivity index (χ1n) is 7.32. The van der Waals surface area contributed by atoms with Gasteiger partial charge >= 0.3 is 5.97 Å². The molecule has 0 amide bonds.